The molecule has 0 spiro atoms. The van der Waals surface area contributed by atoms with Crippen LogP contribution in [-0.4, -0.2) is 16.0 Å². The highest BCUT2D eigenvalue weighted by molar-refractivity contribution is 5.76. The van der Waals surface area contributed by atoms with Crippen molar-refractivity contribution >= 4 is 5.91 Å². The number of rotatable bonds is 6. The molecule has 3 aromatic rings. The molecule has 6 heteroatoms. The number of carbonyl (C=O) groups is 1. The van der Waals surface area contributed by atoms with E-state index in [-0.39, 0.29) is 5.91 Å². The van der Waals surface area contributed by atoms with Gasteiger partial charge in [0.1, 0.15) is 11.5 Å². The maximum Gasteiger partial charge on any atom is 0.220 e. The number of nitrogens with zero attached hydrogens (tertiary/aromatic N) is 2. The first kappa shape index (κ1) is 16.0. The van der Waals surface area contributed by atoms with Crippen LogP contribution >= 0.6 is 0 Å². The molecule has 0 saturated heterocycles. The Bertz CT molecular complexity index is 802. The molecule has 0 saturated carbocycles. The molecule has 0 bridgehead atoms. The highest BCUT2D eigenvalue weighted by Gasteiger charge is 2.13. The fourth-order valence-corrected chi connectivity index (χ4v) is 2.60. The van der Waals surface area contributed by atoms with Crippen LogP contribution in [0.1, 0.15) is 29.0 Å². The maximum absolute atomic E-state index is 12.1. The Hall–Kier alpha value is -2.89. The van der Waals surface area contributed by atoms with Gasteiger partial charge in [-0.1, -0.05) is 11.2 Å². The van der Waals surface area contributed by atoms with Crippen LogP contribution in [0.25, 0.3) is 11.5 Å². The number of aryl methyl sites for hydroxylation is 2. The van der Waals surface area contributed by atoms with Gasteiger partial charge in [-0.2, -0.15) is 0 Å². The van der Waals surface area contributed by atoms with E-state index in [0.29, 0.717) is 25.1 Å². The monoisotopic (exact) mass is 325 g/mol. The first-order chi connectivity index (χ1) is 11.6. The average Bonchev–Trinajstić information content (AvgIpc) is 3.22. The number of carbonyl (C=O) groups excluding carboxylic acids is 1. The lowest BCUT2D eigenvalue weighted by Crippen LogP contribution is -2.23. The molecule has 1 amide bonds. The van der Waals surface area contributed by atoms with Crippen LogP contribution < -0.4 is 5.32 Å². The zero-order valence-corrected chi connectivity index (χ0v) is 13.7. The SMILES string of the molecule is Cc1noc(C)c1CCC(=O)NCc1cccnc1-c1ccco1. The van der Waals surface area contributed by atoms with Crippen LogP contribution in [-0.2, 0) is 17.8 Å². The van der Waals surface area contributed by atoms with Crippen molar-refractivity contribution in [3.63, 3.8) is 0 Å². The molecule has 124 valence electrons. The summed E-state index contributed by atoms with van der Waals surface area (Å²) in [6.07, 6.45) is 4.32. The van der Waals surface area contributed by atoms with Crippen LogP contribution in [0, 0.1) is 13.8 Å². The third-order valence-electron chi connectivity index (χ3n) is 3.91. The van der Waals surface area contributed by atoms with Gasteiger partial charge in [0.05, 0.1) is 12.0 Å². The first-order valence-electron chi connectivity index (χ1n) is 7.81. The van der Waals surface area contributed by atoms with Gasteiger partial charge in [0, 0.05) is 30.3 Å². The van der Waals surface area contributed by atoms with E-state index < -0.39 is 0 Å². The van der Waals surface area contributed by atoms with Gasteiger partial charge >= 0.3 is 0 Å². The normalized spacial score (nSPS) is 10.8. The summed E-state index contributed by atoms with van der Waals surface area (Å²) < 4.78 is 10.5. The average molecular weight is 325 g/mol. The zero-order chi connectivity index (χ0) is 16.9. The van der Waals surface area contributed by atoms with E-state index in [0.717, 1.165) is 28.3 Å². The van der Waals surface area contributed by atoms with Gasteiger partial charge in [-0.25, -0.2) is 0 Å². The minimum atomic E-state index is -0.0238. The highest BCUT2D eigenvalue weighted by Crippen LogP contribution is 2.21. The molecule has 0 fully saturated rings. The lowest BCUT2D eigenvalue weighted by Gasteiger charge is -2.08. The number of pyridine rings is 1. The molecule has 0 atom stereocenters. The third kappa shape index (κ3) is 3.53. The first-order valence-corrected chi connectivity index (χ1v) is 7.81. The van der Waals surface area contributed by atoms with Crippen LogP contribution in [0.2, 0.25) is 0 Å². The Morgan fingerprint density at radius 3 is 2.83 bits per heavy atom. The summed E-state index contributed by atoms with van der Waals surface area (Å²) in [4.78, 5) is 16.5. The van der Waals surface area contributed by atoms with Crippen molar-refractivity contribution in [3.8, 4) is 11.5 Å². The van der Waals surface area contributed by atoms with Crippen LogP contribution in [0.4, 0.5) is 0 Å². The molecule has 3 rings (SSSR count). The molecule has 0 aromatic carbocycles. The van der Waals surface area contributed by atoms with E-state index in [1.54, 1.807) is 12.5 Å². The summed E-state index contributed by atoms with van der Waals surface area (Å²) in [5.41, 5.74) is 3.50. The van der Waals surface area contributed by atoms with Crippen molar-refractivity contribution < 1.29 is 13.7 Å². The number of hydrogen-bond donors (Lipinski definition) is 1. The van der Waals surface area contributed by atoms with Crippen molar-refractivity contribution in [2.45, 2.75) is 33.2 Å². The predicted molar refractivity (Wildman–Crippen MR) is 88.1 cm³/mol. The maximum atomic E-state index is 12.1. The molecule has 3 aromatic heterocycles. The third-order valence-corrected chi connectivity index (χ3v) is 3.91. The second-order valence-electron chi connectivity index (χ2n) is 5.57. The molecule has 0 aliphatic rings. The molecule has 1 N–H and O–H groups in total. The number of hydrogen-bond acceptors (Lipinski definition) is 5. The second-order valence-corrected chi connectivity index (χ2v) is 5.57. The number of nitrogens with one attached hydrogen (secondary N) is 1. The summed E-state index contributed by atoms with van der Waals surface area (Å²) in [6.45, 7) is 4.15. The zero-order valence-electron chi connectivity index (χ0n) is 13.7. The van der Waals surface area contributed by atoms with Gasteiger partial charge in [-0.15, -0.1) is 0 Å². The quantitative estimate of drug-likeness (QED) is 0.752. The van der Waals surface area contributed by atoms with Gasteiger partial charge in [0.2, 0.25) is 5.91 Å². The van der Waals surface area contributed by atoms with E-state index in [4.69, 9.17) is 8.94 Å². The summed E-state index contributed by atoms with van der Waals surface area (Å²) in [5.74, 6) is 1.44. The van der Waals surface area contributed by atoms with Crippen molar-refractivity contribution in [2.75, 3.05) is 0 Å². The van der Waals surface area contributed by atoms with E-state index in [1.807, 2.05) is 38.1 Å². The minimum Gasteiger partial charge on any atom is -0.463 e. The lowest BCUT2D eigenvalue weighted by molar-refractivity contribution is -0.121. The Labute approximate surface area is 139 Å². The Morgan fingerprint density at radius 2 is 2.12 bits per heavy atom. The van der Waals surface area contributed by atoms with Gasteiger partial charge in [0.25, 0.3) is 0 Å². The van der Waals surface area contributed by atoms with Gasteiger partial charge in [-0.05, 0) is 38.5 Å². The predicted octanol–water partition coefficient (Wildman–Crippen LogP) is 3.20. The summed E-state index contributed by atoms with van der Waals surface area (Å²) in [5, 5.41) is 6.83. The van der Waals surface area contributed by atoms with E-state index in [9.17, 15) is 4.79 Å². The number of furan rings is 1. The van der Waals surface area contributed by atoms with E-state index in [1.165, 1.54) is 0 Å². The standard InChI is InChI=1S/C18H19N3O3/c1-12-15(13(2)24-21-12)7-8-17(22)20-11-14-5-3-9-19-18(14)16-6-4-10-23-16/h3-6,9-10H,7-8,11H2,1-2H3,(H,20,22). The van der Waals surface area contributed by atoms with Crippen molar-refractivity contribution in [1.29, 1.82) is 0 Å². The fraction of sp³-hybridized carbons (Fsp3) is 0.278. The lowest BCUT2D eigenvalue weighted by atomic mass is 10.1. The van der Waals surface area contributed by atoms with E-state index >= 15 is 0 Å². The molecular formula is C18H19N3O3. The molecule has 0 unspecified atom stereocenters. The van der Waals surface area contributed by atoms with Gasteiger partial charge in [-0.3, -0.25) is 9.78 Å². The Kier molecular flexibility index (Phi) is 4.74. The molecule has 24 heavy (non-hydrogen) atoms. The van der Waals surface area contributed by atoms with E-state index in [2.05, 4.69) is 15.5 Å². The Balaban J connectivity index is 1.59. The Morgan fingerprint density at radius 1 is 1.25 bits per heavy atom. The van der Waals surface area contributed by atoms with Crippen molar-refractivity contribution in [2.24, 2.45) is 0 Å². The summed E-state index contributed by atoms with van der Waals surface area (Å²) in [7, 11) is 0. The van der Waals surface area contributed by atoms with Gasteiger partial charge in [0.15, 0.2) is 5.76 Å². The van der Waals surface area contributed by atoms with Crippen LogP contribution in [0.3, 0.4) is 0 Å². The smallest absolute Gasteiger partial charge is 0.220 e. The minimum absolute atomic E-state index is 0.0238. The molecule has 0 aliphatic carbocycles. The fourth-order valence-electron chi connectivity index (χ4n) is 2.60. The van der Waals surface area contributed by atoms with Crippen molar-refractivity contribution in [3.05, 3.63) is 59.3 Å². The van der Waals surface area contributed by atoms with Crippen LogP contribution in [0.5, 0.6) is 0 Å². The largest absolute Gasteiger partial charge is 0.463 e. The number of amides is 1. The van der Waals surface area contributed by atoms with Gasteiger partial charge < -0.3 is 14.3 Å². The second kappa shape index (κ2) is 7.12. The topological polar surface area (TPSA) is 81.2 Å². The molecule has 3 heterocycles. The molecule has 0 aliphatic heterocycles. The van der Waals surface area contributed by atoms with Crippen LogP contribution in [0.15, 0.2) is 45.7 Å². The number of aromatic nitrogens is 2. The summed E-state index contributed by atoms with van der Waals surface area (Å²) >= 11 is 0. The molecule has 0 radical (unpaired) electrons. The summed E-state index contributed by atoms with van der Waals surface area (Å²) in [6, 6.07) is 7.44. The molecular weight excluding hydrogens is 306 g/mol. The molecule has 6 nitrogen and oxygen atoms in total. The highest BCUT2D eigenvalue weighted by atomic mass is 16.5. The van der Waals surface area contributed by atoms with Crippen molar-refractivity contribution in [1.82, 2.24) is 15.5 Å².